The number of aryl methyl sites for hydroxylation is 1. The van der Waals surface area contributed by atoms with Crippen molar-refractivity contribution in [3.63, 3.8) is 0 Å². The second-order valence-corrected chi connectivity index (χ2v) is 5.94. The Hall–Kier alpha value is -1.51. The van der Waals surface area contributed by atoms with E-state index in [4.69, 9.17) is 16.3 Å². The Morgan fingerprint density at radius 2 is 2.05 bits per heavy atom. The van der Waals surface area contributed by atoms with Gasteiger partial charge in [0.25, 0.3) is 0 Å². The van der Waals surface area contributed by atoms with E-state index in [2.05, 4.69) is 36.5 Å². The quantitative estimate of drug-likeness (QED) is 0.845. The summed E-state index contributed by atoms with van der Waals surface area (Å²) in [4.78, 5) is 0. The maximum absolute atomic E-state index is 6.17. The van der Waals surface area contributed by atoms with Gasteiger partial charge in [0.15, 0.2) is 0 Å². The van der Waals surface area contributed by atoms with Gasteiger partial charge in [0.2, 0.25) is 0 Å². The van der Waals surface area contributed by atoms with E-state index < -0.39 is 0 Å². The molecule has 0 bridgehead atoms. The lowest BCUT2D eigenvalue weighted by molar-refractivity contribution is 0.352. The molecule has 2 nitrogen and oxygen atoms in total. The van der Waals surface area contributed by atoms with Crippen molar-refractivity contribution in [1.29, 1.82) is 0 Å². The fourth-order valence-corrected chi connectivity index (χ4v) is 3.08. The van der Waals surface area contributed by atoms with E-state index in [0.29, 0.717) is 0 Å². The predicted octanol–water partition coefficient (Wildman–Crippen LogP) is 3.92. The number of benzene rings is 2. The fourth-order valence-electron chi connectivity index (χ4n) is 2.81. The van der Waals surface area contributed by atoms with Gasteiger partial charge in [-0.2, -0.15) is 0 Å². The van der Waals surface area contributed by atoms with Crippen LogP contribution < -0.4 is 10.1 Å². The molecule has 0 saturated heterocycles. The highest BCUT2D eigenvalue weighted by molar-refractivity contribution is 6.30. The summed E-state index contributed by atoms with van der Waals surface area (Å²) < 4.78 is 5.72. The Kier molecular flexibility index (Phi) is 4.47. The monoisotopic (exact) mass is 301 g/mol. The number of rotatable bonds is 5. The van der Waals surface area contributed by atoms with Crippen molar-refractivity contribution in [2.24, 2.45) is 0 Å². The van der Waals surface area contributed by atoms with Crippen LogP contribution in [0.15, 0.2) is 36.4 Å². The number of nitrogens with one attached hydrogen (secondary N) is 1. The van der Waals surface area contributed by atoms with Crippen molar-refractivity contribution in [1.82, 2.24) is 5.32 Å². The molecule has 1 N–H and O–H groups in total. The first kappa shape index (κ1) is 14.4. The number of hydrogen-bond donors (Lipinski definition) is 1. The third-order valence-electron chi connectivity index (χ3n) is 3.97. The molecule has 1 heterocycles. The molecule has 0 saturated carbocycles. The van der Waals surface area contributed by atoms with E-state index in [0.717, 1.165) is 43.3 Å². The van der Waals surface area contributed by atoms with Crippen molar-refractivity contribution in [2.45, 2.75) is 26.3 Å². The van der Waals surface area contributed by atoms with Gasteiger partial charge in [-0.25, -0.2) is 0 Å². The first-order chi connectivity index (χ1) is 10.2. The minimum atomic E-state index is 0.770. The van der Waals surface area contributed by atoms with Crippen LogP contribution >= 0.6 is 11.6 Å². The first-order valence-corrected chi connectivity index (χ1v) is 7.81. The molecule has 0 fully saturated rings. The minimum Gasteiger partial charge on any atom is -0.493 e. The molecule has 0 radical (unpaired) electrons. The molecular formula is C18H20ClNO. The third-order valence-corrected chi connectivity index (χ3v) is 4.19. The Balaban J connectivity index is 1.58. The van der Waals surface area contributed by atoms with Crippen molar-refractivity contribution in [3.05, 3.63) is 63.7 Å². The Morgan fingerprint density at radius 1 is 1.19 bits per heavy atom. The van der Waals surface area contributed by atoms with Gasteiger partial charge in [-0.15, -0.1) is 0 Å². The predicted molar refractivity (Wildman–Crippen MR) is 87.2 cm³/mol. The Labute approximate surface area is 131 Å². The highest BCUT2D eigenvalue weighted by atomic mass is 35.5. The van der Waals surface area contributed by atoms with Gasteiger partial charge in [-0.05, 0) is 48.7 Å². The summed E-state index contributed by atoms with van der Waals surface area (Å²) in [5.41, 5.74) is 5.15. The number of fused-ring (bicyclic) bond motifs is 1. The molecule has 0 amide bonds. The molecule has 21 heavy (non-hydrogen) atoms. The molecule has 0 atom stereocenters. The molecule has 2 aromatic rings. The zero-order valence-corrected chi connectivity index (χ0v) is 13.0. The van der Waals surface area contributed by atoms with Crippen LogP contribution in [0.25, 0.3) is 0 Å². The topological polar surface area (TPSA) is 21.3 Å². The SMILES string of the molecule is Cc1ccccc1CCNCc1cc(Cl)cc2c1OCC2. The molecule has 110 valence electrons. The molecule has 2 aromatic carbocycles. The lowest BCUT2D eigenvalue weighted by Gasteiger charge is -2.11. The second-order valence-electron chi connectivity index (χ2n) is 5.50. The highest BCUT2D eigenvalue weighted by Gasteiger charge is 2.17. The van der Waals surface area contributed by atoms with Crippen molar-refractivity contribution >= 4 is 11.6 Å². The van der Waals surface area contributed by atoms with E-state index in [1.807, 2.05) is 12.1 Å². The minimum absolute atomic E-state index is 0.770. The van der Waals surface area contributed by atoms with Crippen molar-refractivity contribution in [2.75, 3.05) is 13.2 Å². The van der Waals surface area contributed by atoms with Gasteiger partial charge < -0.3 is 10.1 Å². The lowest BCUT2D eigenvalue weighted by atomic mass is 10.1. The summed E-state index contributed by atoms with van der Waals surface area (Å²) >= 11 is 6.17. The van der Waals surface area contributed by atoms with Crippen LogP contribution in [0, 0.1) is 6.92 Å². The molecule has 0 unspecified atom stereocenters. The largest absolute Gasteiger partial charge is 0.493 e. The van der Waals surface area contributed by atoms with E-state index >= 15 is 0 Å². The van der Waals surface area contributed by atoms with Crippen LogP contribution in [-0.2, 0) is 19.4 Å². The summed E-state index contributed by atoms with van der Waals surface area (Å²) in [7, 11) is 0. The smallest absolute Gasteiger partial charge is 0.127 e. The molecule has 0 aliphatic carbocycles. The van der Waals surface area contributed by atoms with Gasteiger partial charge in [-0.3, -0.25) is 0 Å². The molecule has 0 spiro atoms. The standard InChI is InChI=1S/C18H20ClNO/c1-13-4-2-3-5-14(13)6-8-20-12-16-11-17(19)10-15-7-9-21-18(15)16/h2-5,10-11,20H,6-9,12H2,1H3. The van der Waals surface area contributed by atoms with Crippen LogP contribution in [0.1, 0.15) is 22.3 Å². The summed E-state index contributed by atoms with van der Waals surface area (Å²) in [6.45, 7) is 4.68. The molecule has 1 aliphatic rings. The average Bonchev–Trinajstić information content (AvgIpc) is 2.93. The highest BCUT2D eigenvalue weighted by Crippen LogP contribution is 2.32. The average molecular weight is 302 g/mol. The summed E-state index contributed by atoms with van der Waals surface area (Å²) in [6, 6.07) is 12.6. The fraction of sp³-hybridized carbons (Fsp3) is 0.333. The second kappa shape index (κ2) is 6.50. The maximum Gasteiger partial charge on any atom is 0.127 e. The van der Waals surface area contributed by atoms with Crippen LogP contribution in [-0.4, -0.2) is 13.2 Å². The van der Waals surface area contributed by atoms with Gasteiger partial charge in [0.05, 0.1) is 6.61 Å². The van der Waals surface area contributed by atoms with E-state index in [1.165, 1.54) is 22.3 Å². The Bertz CT molecular complexity index is 639. The number of ether oxygens (including phenoxy) is 1. The zero-order chi connectivity index (χ0) is 14.7. The third kappa shape index (κ3) is 3.39. The molecule has 1 aliphatic heterocycles. The number of hydrogen-bond acceptors (Lipinski definition) is 2. The van der Waals surface area contributed by atoms with Gasteiger partial charge >= 0.3 is 0 Å². The molecular weight excluding hydrogens is 282 g/mol. The van der Waals surface area contributed by atoms with Crippen molar-refractivity contribution < 1.29 is 4.74 Å². The van der Waals surface area contributed by atoms with Crippen LogP contribution in [0.3, 0.4) is 0 Å². The van der Waals surface area contributed by atoms with E-state index in [-0.39, 0.29) is 0 Å². The van der Waals surface area contributed by atoms with Gasteiger partial charge in [-0.1, -0.05) is 35.9 Å². The van der Waals surface area contributed by atoms with Gasteiger partial charge in [0, 0.05) is 23.6 Å². The molecule has 3 rings (SSSR count). The maximum atomic E-state index is 6.17. The Morgan fingerprint density at radius 3 is 2.90 bits per heavy atom. The van der Waals surface area contributed by atoms with Crippen LogP contribution in [0.2, 0.25) is 5.02 Å². The van der Waals surface area contributed by atoms with Crippen LogP contribution in [0.5, 0.6) is 5.75 Å². The summed E-state index contributed by atoms with van der Waals surface area (Å²) in [5.74, 6) is 1.03. The molecule has 0 aromatic heterocycles. The summed E-state index contributed by atoms with van der Waals surface area (Å²) in [6.07, 6.45) is 2.00. The van der Waals surface area contributed by atoms with Crippen molar-refractivity contribution in [3.8, 4) is 5.75 Å². The lowest BCUT2D eigenvalue weighted by Crippen LogP contribution is -2.17. The zero-order valence-electron chi connectivity index (χ0n) is 12.3. The molecule has 3 heteroatoms. The van der Waals surface area contributed by atoms with Crippen LogP contribution in [0.4, 0.5) is 0 Å². The van der Waals surface area contributed by atoms with E-state index in [9.17, 15) is 0 Å². The van der Waals surface area contributed by atoms with Gasteiger partial charge in [0.1, 0.15) is 5.75 Å². The van der Waals surface area contributed by atoms with E-state index in [1.54, 1.807) is 0 Å². The summed E-state index contributed by atoms with van der Waals surface area (Å²) in [5, 5.41) is 4.30. The normalized spacial score (nSPS) is 13.0. The number of halogens is 1. The first-order valence-electron chi connectivity index (χ1n) is 7.43.